The molecule has 28 heavy (non-hydrogen) atoms. The molecule has 0 aliphatic rings. The molecular formula is C20H28N2O4S2. The van der Waals surface area contributed by atoms with E-state index in [2.05, 4.69) is 9.44 Å². The van der Waals surface area contributed by atoms with Crippen LogP contribution in [0, 0.1) is 0 Å². The lowest BCUT2D eigenvalue weighted by Gasteiger charge is -2.14. The molecule has 0 saturated carbocycles. The molecule has 0 unspecified atom stereocenters. The van der Waals surface area contributed by atoms with Gasteiger partial charge in [0.1, 0.15) is 0 Å². The van der Waals surface area contributed by atoms with Gasteiger partial charge in [-0.2, -0.15) is 0 Å². The third-order valence-corrected chi connectivity index (χ3v) is 5.98. The molecule has 2 aromatic rings. The summed E-state index contributed by atoms with van der Waals surface area (Å²) < 4.78 is 50.0. The monoisotopic (exact) mass is 424 g/mol. The number of sulfonamides is 2. The number of rotatable bonds is 9. The first-order valence-electron chi connectivity index (χ1n) is 9.04. The fourth-order valence-corrected chi connectivity index (χ4v) is 3.90. The fourth-order valence-electron chi connectivity index (χ4n) is 2.80. The Bertz CT molecular complexity index is 900. The highest BCUT2D eigenvalue weighted by Gasteiger charge is 2.11. The molecule has 0 radical (unpaired) electrons. The third-order valence-electron chi connectivity index (χ3n) is 4.60. The van der Waals surface area contributed by atoms with Gasteiger partial charge in [-0.25, -0.2) is 26.3 Å². The number of benzene rings is 2. The van der Waals surface area contributed by atoms with Crippen LogP contribution < -0.4 is 9.44 Å². The summed E-state index contributed by atoms with van der Waals surface area (Å²) in [6.07, 6.45) is 2.31. The Balaban J connectivity index is 2.03. The molecule has 2 aromatic carbocycles. The minimum Gasteiger partial charge on any atom is -0.215 e. The van der Waals surface area contributed by atoms with Crippen molar-refractivity contribution in [1.29, 1.82) is 0 Å². The first-order chi connectivity index (χ1) is 12.9. The topological polar surface area (TPSA) is 92.3 Å². The Morgan fingerprint density at radius 1 is 0.643 bits per heavy atom. The van der Waals surface area contributed by atoms with Crippen molar-refractivity contribution in [3.8, 4) is 11.1 Å². The molecule has 0 saturated heterocycles. The van der Waals surface area contributed by atoms with Gasteiger partial charge in [-0.1, -0.05) is 62.4 Å². The van der Waals surface area contributed by atoms with E-state index in [1.165, 1.54) is 0 Å². The average molecular weight is 425 g/mol. The van der Waals surface area contributed by atoms with Crippen LogP contribution in [0.15, 0.2) is 48.5 Å². The highest BCUT2D eigenvalue weighted by atomic mass is 32.2. The highest BCUT2D eigenvalue weighted by Crippen LogP contribution is 2.25. The Labute approximate surface area is 168 Å². The van der Waals surface area contributed by atoms with E-state index in [-0.39, 0.29) is 11.8 Å². The molecule has 8 heteroatoms. The van der Waals surface area contributed by atoms with Crippen molar-refractivity contribution in [1.82, 2.24) is 9.44 Å². The van der Waals surface area contributed by atoms with Crippen LogP contribution in [0.4, 0.5) is 0 Å². The Kier molecular flexibility index (Phi) is 7.39. The molecule has 0 fully saturated rings. The minimum absolute atomic E-state index is 0.0781. The van der Waals surface area contributed by atoms with Crippen molar-refractivity contribution in [3.05, 3.63) is 59.7 Å². The number of hydrogen-bond donors (Lipinski definition) is 2. The molecule has 154 valence electrons. The van der Waals surface area contributed by atoms with Crippen molar-refractivity contribution < 1.29 is 16.8 Å². The van der Waals surface area contributed by atoms with E-state index in [1.54, 1.807) is 0 Å². The first kappa shape index (κ1) is 22.5. The molecule has 2 N–H and O–H groups in total. The molecule has 0 heterocycles. The van der Waals surface area contributed by atoms with E-state index in [9.17, 15) is 16.8 Å². The molecule has 0 aliphatic heterocycles. The second kappa shape index (κ2) is 9.17. The lowest BCUT2D eigenvalue weighted by molar-refractivity contribution is 0.579. The van der Waals surface area contributed by atoms with Crippen LogP contribution in [0.3, 0.4) is 0 Å². The normalized spacial score (nSPS) is 14.6. The highest BCUT2D eigenvalue weighted by molar-refractivity contribution is 7.89. The second-order valence-electron chi connectivity index (χ2n) is 7.29. The summed E-state index contributed by atoms with van der Waals surface area (Å²) >= 11 is 0. The van der Waals surface area contributed by atoms with E-state index < -0.39 is 20.0 Å². The van der Waals surface area contributed by atoms with E-state index in [4.69, 9.17) is 0 Å². The van der Waals surface area contributed by atoms with Crippen molar-refractivity contribution in [2.75, 3.05) is 25.6 Å². The maximum atomic E-state index is 11.2. The average Bonchev–Trinajstić information content (AvgIpc) is 2.63. The maximum absolute atomic E-state index is 11.2. The van der Waals surface area contributed by atoms with Crippen molar-refractivity contribution in [3.63, 3.8) is 0 Å². The fraction of sp³-hybridized carbons (Fsp3) is 0.400. The van der Waals surface area contributed by atoms with Gasteiger partial charge in [0.2, 0.25) is 20.0 Å². The van der Waals surface area contributed by atoms with Gasteiger partial charge in [0.05, 0.1) is 12.5 Å². The van der Waals surface area contributed by atoms with E-state index in [0.29, 0.717) is 13.1 Å². The first-order valence-corrected chi connectivity index (χ1v) is 12.8. The lowest BCUT2D eigenvalue weighted by Crippen LogP contribution is -2.26. The third kappa shape index (κ3) is 7.35. The molecular weight excluding hydrogens is 396 g/mol. The summed E-state index contributed by atoms with van der Waals surface area (Å²) in [5.74, 6) is 0.156. The summed E-state index contributed by atoms with van der Waals surface area (Å²) in [5, 5.41) is 0. The molecule has 0 aliphatic carbocycles. The van der Waals surface area contributed by atoms with Crippen LogP contribution in [0.25, 0.3) is 11.1 Å². The summed E-state index contributed by atoms with van der Waals surface area (Å²) in [7, 11) is -6.38. The number of nitrogens with one attached hydrogen (secondary N) is 2. The molecule has 0 spiro atoms. The second-order valence-corrected chi connectivity index (χ2v) is 11.0. The Hall–Kier alpha value is -1.74. The molecule has 0 aromatic heterocycles. The van der Waals surface area contributed by atoms with Gasteiger partial charge in [0, 0.05) is 13.1 Å². The van der Waals surface area contributed by atoms with Crippen molar-refractivity contribution >= 4 is 20.0 Å². The zero-order chi connectivity index (χ0) is 20.9. The lowest BCUT2D eigenvalue weighted by atomic mass is 9.95. The van der Waals surface area contributed by atoms with Crippen molar-refractivity contribution in [2.24, 2.45) is 0 Å². The van der Waals surface area contributed by atoms with E-state index in [0.717, 1.165) is 34.8 Å². The van der Waals surface area contributed by atoms with Gasteiger partial charge in [-0.05, 0) is 34.1 Å². The van der Waals surface area contributed by atoms with Gasteiger partial charge < -0.3 is 0 Å². The van der Waals surface area contributed by atoms with Crippen molar-refractivity contribution in [2.45, 2.75) is 25.7 Å². The molecule has 2 rings (SSSR count). The summed E-state index contributed by atoms with van der Waals surface area (Å²) in [4.78, 5) is 0. The summed E-state index contributed by atoms with van der Waals surface area (Å²) in [6, 6.07) is 16.1. The van der Waals surface area contributed by atoms with E-state index in [1.807, 2.05) is 62.4 Å². The summed E-state index contributed by atoms with van der Waals surface area (Å²) in [6.45, 7) is 4.69. The van der Waals surface area contributed by atoms with Crippen LogP contribution in [0.1, 0.15) is 36.8 Å². The van der Waals surface area contributed by atoms with E-state index >= 15 is 0 Å². The van der Waals surface area contributed by atoms with Crippen LogP contribution >= 0.6 is 0 Å². The standard InChI is InChI=1S/C20H28N2O4S2/c1-15(13-21-27(3,23)24)17-5-9-19(10-6-17)20-11-7-18(8-12-20)16(2)14-22-28(4,25)26/h5-12,15-16,21-22H,13-14H2,1-4H3/t15-,16+. The van der Waals surface area contributed by atoms with Crippen LogP contribution in [-0.2, 0) is 20.0 Å². The maximum Gasteiger partial charge on any atom is 0.208 e. The number of hydrogen-bond acceptors (Lipinski definition) is 4. The van der Waals surface area contributed by atoms with Gasteiger partial charge >= 0.3 is 0 Å². The van der Waals surface area contributed by atoms with Crippen LogP contribution in [0.5, 0.6) is 0 Å². The van der Waals surface area contributed by atoms with Gasteiger partial charge in [-0.15, -0.1) is 0 Å². The summed E-state index contributed by atoms with van der Waals surface area (Å²) in [5.41, 5.74) is 4.27. The SMILES string of the molecule is C[C@H](CNS(C)(=O)=O)c1ccc(-c2ccc([C@@H](C)CNS(C)(=O)=O)cc2)cc1. The predicted molar refractivity (Wildman–Crippen MR) is 114 cm³/mol. The smallest absolute Gasteiger partial charge is 0.208 e. The molecule has 0 amide bonds. The zero-order valence-corrected chi connectivity index (χ0v) is 18.3. The molecule has 6 nitrogen and oxygen atoms in total. The predicted octanol–water partition coefficient (Wildman–Crippen LogP) is 2.66. The van der Waals surface area contributed by atoms with Gasteiger partial charge in [0.25, 0.3) is 0 Å². The Morgan fingerprint density at radius 2 is 0.929 bits per heavy atom. The van der Waals surface area contributed by atoms with Gasteiger partial charge in [-0.3, -0.25) is 0 Å². The van der Waals surface area contributed by atoms with Crippen LogP contribution in [-0.4, -0.2) is 42.4 Å². The molecule has 0 bridgehead atoms. The largest absolute Gasteiger partial charge is 0.215 e. The zero-order valence-electron chi connectivity index (χ0n) is 16.6. The van der Waals surface area contributed by atoms with Crippen LogP contribution in [0.2, 0.25) is 0 Å². The quantitative estimate of drug-likeness (QED) is 0.647. The Morgan fingerprint density at radius 3 is 1.18 bits per heavy atom. The minimum atomic E-state index is -3.19. The van der Waals surface area contributed by atoms with Gasteiger partial charge in [0.15, 0.2) is 0 Å². The molecule has 2 atom stereocenters.